The van der Waals surface area contributed by atoms with Crippen LogP contribution in [-0.2, 0) is 11.8 Å². The molecule has 38 heavy (non-hydrogen) atoms. The van der Waals surface area contributed by atoms with Gasteiger partial charge in [-0.3, -0.25) is 14.3 Å². The van der Waals surface area contributed by atoms with Gasteiger partial charge in [-0.05, 0) is 54.1 Å². The number of aryl methyl sites for hydroxylation is 1. The molecule has 2 aromatic heterocycles. The van der Waals surface area contributed by atoms with Crippen molar-refractivity contribution in [3.63, 3.8) is 0 Å². The van der Waals surface area contributed by atoms with Gasteiger partial charge in [0.2, 0.25) is 5.91 Å². The summed E-state index contributed by atoms with van der Waals surface area (Å²) in [5, 5.41) is 12.6. The highest BCUT2D eigenvalue weighted by Gasteiger charge is 2.48. The largest absolute Gasteiger partial charge is 0.345 e. The second kappa shape index (κ2) is 9.26. The normalized spacial score (nSPS) is 19.3. The van der Waals surface area contributed by atoms with Gasteiger partial charge in [-0.1, -0.05) is 37.3 Å². The minimum Gasteiger partial charge on any atom is -0.345 e. The fraction of sp³-hybridized carbons (Fsp3) is 0.172. The van der Waals surface area contributed by atoms with E-state index in [-0.39, 0.29) is 17.6 Å². The first kappa shape index (κ1) is 23.6. The third kappa shape index (κ3) is 4.02. The Hall–Kier alpha value is -4.79. The average Bonchev–Trinajstić information content (AvgIpc) is 3.62. The number of benzene rings is 3. The van der Waals surface area contributed by atoms with Crippen molar-refractivity contribution in [3.8, 4) is 5.69 Å². The summed E-state index contributed by atoms with van der Waals surface area (Å²) < 4.78 is 16.7. The van der Waals surface area contributed by atoms with Crippen molar-refractivity contribution >= 4 is 28.4 Å². The number of anilines is 1. The maximum absolute atomic E-state index is 13.7. The van der Waals surface area contributed by atoms with Crippen LogP contribution >= 0.6 is 0 Å². The summed E-state index contributed by atoms with van der Waals surface area (Å²) in [5.74, 6) is -1.19. The molecule has 1 aliphatic heterocycles. The van der Waals surface area contributed by atoms with Crippen LogP contribution in [0, 0.1) is 11.7 Å². The molecule has 1 N–H and O–H groups in total. The molecule has 5 aromatic rings. The van der Waals surface area contributed by atoms with Crippen LogP contribution in [0.1, 0.15) is 29.0 Å². The van der Waals surface area contributed by atoms with E-state index >= 15 is 0 Å². The van der Waals surface area contributed by atoms with Crippen LogP contribution in [0.15, 0.2) is 91.3 Å². The van der Waals surface area contributed by atoms with E-state index < -0.39 is 18.0 Å². The SMILES string of the molecule is C[C@@H]1C(=O)N(c2ccc3c(cnn3-c3ccc(F)cc3)c2)[C@H](c2ccccc2)[C@H]1NC(=O)c1ccn(C)n1. The van der Waals surface area contributed by atoms with Crippen molar-refractivity contribution in [2.45, 2.75) is 19.0 Å². The van der Waals surface area contributed by atoms with E-state index in [0.717, 1.165) is 22.2 Å². The Bertz CT molecular complexity index is 1640. The molecule has 0 spiro atoms. The molecule has 3 heterocycles. The second-order valence-corrected chi connectivity index (χ2v) is 9.50. The molecule has 6 rings (SSSR count). The molecule has 1 fully saturated rings. The summed E-state index contributed by atoms with van der Waals surface area (Å²) in [5.41, 5.74) is 3.48. The standard InChI is InChI=1S/C29H25FN6O2/c1-18-26(32-28(37)24-14-15-34(2)33-24)27(19-6-4-3-5-7-19)35(29(18)38)23-12-13-25-20(16-23)17-31-36(25)22-10-8-21(30)9-11-22/h3-18,26-27H,1-2H3,(H,32,37)/t18-,26-,27+/m0/s1. The van der Waals surface area contributed by atoms with E-state index in [1.54, 1.807) is 51.9 Å². The predicted octanol–water partition coefficient (Wildman–Crippen LogP) is 4.42. The molecular weight excluding hydrogens is 483 g/mol. The Morgan fingerprint density at radius 1 is 0.974 bits per heavy atom. The Morgan fingerprint density at radius 3 is 2.42 bits per heavy atom. The molecule has 0 aliphatic carbocycles. The molecule has 8 nitrogen and oxygen atoms in total. The minimum atomic E-state index is -0.475. The van der Waals surface area contributed by atoms with Crippen LogP contribution < -0.4 is 10.2 Å². The number of rotatable bonds is 5. The number of aromatic nitrogens is 4. The van der Waals surface area contributed by atoms with Crippen LogP contribution in [0.5, 0.6) is 0 Å². The maximum Gasteiger partial charge on any atom is 0.272 e. The first-order valence-corrected chi connectivity index (χ1v) is 12.3. The highest BCUT2D eigenvalue weighted by Crippen LogP contribution is 2.41. The first-order valence-electron chi connectivity index (χ1n) is 12.3. The summed E-state index contributed by atoms with van der Waals surface area (Å²) in [6.45, 7) is 1.84. The van der Waals surface area contributed by atoms with Crippen LogP contribution in [0.2, 0.25) is 0 Å². The Morgan fingerprint density at radius 2 is 1.71 bits per heavy atom. The van der Waals surface area contributed by atoms with Gasteiger partial charge in [0.1, 0.15) is 11.5 Å². The van der Waals surface area contributed by atoms with Crippen LogP contribution in [0.4, 0.5) is 10.1 Å². The van der Waals surface area contributed by atoms with Gasteiger partial charge in [0, 0.05) is 24.3 Å². The van der Waals surface area contributed by atoms with Crippen molar-refractivity contribution in [3.05, 3.63) is 108 Å². The molecule has 2 amide bonds. The summed E-state index contributed by atoms with van der Waals surface area (Å²) >= 11 is 0. The fourth-order valence-corrected chi connectivity index (χ4v) is 5.16. The molecule has 1 saturated heterocycles. The molecule has 1 aliphatic rings. The van der Waals surface area contributed by atoms with Gasteiger partial charge >= 0.3 is 0 Å². The monoisotopic (exact) mass is 508 g/mol. The number of carbonyl (C=O) groups is 2. The molecule has 3 atom stereocenters. The molecule has 0 saturated carbocycles. The number of nitrogens with one attached hydrogen (secondary N) is 1. The Labute approximate surface area is 218 Å². The summed E-state index contributed by atoms with van der Waals surface area (Å²) in [6, 6.07) is 22.3. The van der Waals surface area contributed by atoms with E-state index in [9.17, 15) is 14.0 Å². The lowest BCUT2D eigenvalue weighted by Crippen LogP contribution is -2.42. The minimum absolute atomic E-state index is 0.0875. The molecule has 0 bridgehead atoms. The van der Waals surface area contributed by atoms with Gasteiger partial charge in [-0.15, -0.1) is 0 Å². The number of hydrogen-bond donors (Lipinski definition) is 1. The number of fused-ring (bicyclic) bond motifs is 1. The molecular formula is C29H25FN6O2. The topological polar surface area (TPSA) is 85.0 Å². The Balaban J connectivity index is 1.39. The molecule has 0 unspecified atom stereocenters. The van der Waals surface area contributed by atoms with Gasteiger partial charge in [-0.2, -0.15) is 10.2 Å². The van der Waals surface area contributed by atoms with Gasteiger partial charge in [0.25, 0.3) is 5.91 Å². The maximum atomic E-state index is 13.7. The molecule has 190 valence electrons. The van der Waals surface area contributed by atoms with E-state index in [2.05, 4.69) is 15.5 Å². The number of nitrogens with zero attached hydrogens (tertiary/aromatic N) is 5. The number of carbonyl (C=O) groups excluding carboxylic acids is 2. The molecule has 0 radical (unpaired) electrons. The van der Waals surface area contributed by atoms with Crippen molar-refractivity contribution in [2.24, 2.45) is 13.0 Å². The number of hydrogen-bond acceptors (Lipinski definition) is 4. The van der Waals surface area contributed by atoms with Gasteiger partial charge < -0.3 is 10.2 Å². The average molecular weight is 509 g/mol. The van der Waals surface area contributed by atoms with Gasteiger partial charge in [-0.25, -0.2) is 9.07 Å². The fourth-order valence-electron chi connectivity index (χ4n) is 5.16. The lowest BCUT2D eigenvalue weighted by Gasteiger charge is -2.29. The zero-order valence-electron chi connectivity index (χ0n) is 20.8. The van der Waals surface area contributed by atoms with E-state index in [4.69, 9.17) is 0 Å². The second-order valence-electron chi connectivity index (χ2n) is 9.50. The summed E-state index contributed by atoms with van der Waals surface area (Å²) in [7, 11) is 1.75. The quantitative estimate of drug-likeness (QED) is 0.381. The summed E-state index contributed by atoms with van der Waals surface area (Å²) in [4.78, 5) is 28.5. The van der Waals surface area contributed by atoms with E-state index in [0.29, 0.717) is 11.4 Å². The van der Waals surface area contributed by atoms with Gasteiger partial charge in [0.15, 0.2) is 0 Å². The third-order valence-electron chi connectivity index (χ3n) is 7.07. The summed E-state index contributed by atoms with van der Waals surface area (Å²) in [6.07, 6.45) is 3.43. The highest BCUT2D eigenvalue weighted by atomic mass is 19.1. The van der Waals surface area contributed by atoms with Crippen LogP contribution in [-0.4, -0.2) is 37.4 Å². The van der Waals surface area contributed by atoms with Crippen molar-refractivity contribution in [1.82, 2.24) is 24.9 Å². The van der Waals surface area contributed by atoms with E-state index in [1.807, 2.05) is 55.5 Å². The Kier molecular flexibility index (Phi) is 5.75. The molecule has 3 aromatic carbocycles. The van der Waals surface area contributed by atoms with Crippen molar-refractivity contribution < 1.29 is 14.0 Å². The lowest BCUT2D eigenvalue weighted by atomic mass is 9.94. The number of amides is 2. The molecule has 9 heteroatoms. The lowest BCUT2D eigenvalue weighted by molar-refractivity contribution is -0.120. The third-order valence-corrected chi connectivity index (χ3v) is 7.07. The smallest absolute Gasteiger partial charge is 0.272 e. The zero-order chi connectivity index (χ0) is 26.4. The van der Waals surface area contributed by atoms with Crippen LogP contribution in [0.3, 0.4) is 0 Å². The number of halogens is 1. The zero-order valence-corrected chi connectivity index (χ0v) is 20.8. The predicted molar refractivity (Wildman–Crippen MR) is 141 cm³/mol. The van der Waals surface area contributed by atoms with Crippen molar-refractivity contribution in [2.75, 3.05) is 4.90 Å². The highest BCUT2D eigenvalue weighted by molar-refractivity contribution is 6.02. The first-order chi connectivity index (χ1) is 18.4. The van der Waals surface area contributed by atoms with Crippen LogP contribution in [0.25, 0.3) is 16.6 Å². The van der Waals surface area contributed by atoms with Gasteiger partial charge in [0.05, 0.1) is 35.4 Å². The van der Waals surface area contributed by atoms with Crippen molar-refractivity contribution in [1.29, 1.82) is 0 Å². The van der Waals surface area contributed by atoms with E-state index in [1.165, 1.54) is 12.1 Å².